The van der Waals surface area contributed by atoms with E-state index in [9.17, 15) is 9.90 Å². The Morgan fingerprint density at radius 1 is 1.17 bits per heavy atom. The van der Waals surface area contributed by atoms with Gasteiger partial charge in [-0.05, 0) is 42.3 Å². The van der Waals surface area contributed by atoms with E-state index in [0.29, 0.717) is 5.82 Å². The molecule has 0 saturated heterocycles. The molecule has 0 bridgehead atoms. The maximum atomic E-state index is 12.2. The number of hydrogen-bond donors (Lipinski definition) is 1. The number of rotatable bonds is 6. The van der Waals surface area contributed by atoms with Gasteiger partial charge >= 0.3 is 4.87 Å². The van der Waals surface area contributed by atoms with Crippen molar-refractivity contribution in [3.8, 4) is 5.82 Å². The third-order valence-electron chi connectivity index (χ3n) is 4.99. The molecule has 0 radical (unpaired) electrons. The molecule has 0 aliphatic rings. The quantitative estimate of drug-likeness (QED) is 0.526. The lowest BCUT2D eigenvalue weighted by atomic mass is 9.98. The van der Waals surface area contributed by atoms with Gasteiger partial charge in [0.15, 0.2) is 5.82 Å². The summed E-state index contributed by atoms with van der Waals surface area (Å²) in [4.78, 5) is 16.5. The van der Waals surface area contributed by atoms with Gasteiger partial charge in [-0.1, -0.05) is 30.4 Å². The van der Waals surface area contributed by atoms with Gasteiger partial charge in [-0.3, -0.25) is 9.36 Å². The van der Waals surface area contributed by atoms with Crippen LogP contribution in [0.4, 0.5) is 0 Å². The summed E-state index contributed by atoms with van der Waals surface area (Å²) in [5, 5.41) is 14.3. The van der Waals surface area contributed by atoms with E-state index in [1.807, 2.05) is 42.6 Å². The van der Waals surface area contributed by atoms with E-state index in [4.69, 9.17) is 4.74 Å². The number of pyridine rings is 1. The maximum Gasteiger partial charge on any atom is 0.310 e. The number of benzene rings is 1. The average Bonchev–Trinajstić information content (AvgIpc) is 3.32. The molecule has 0 aliphatic carbocycles. The van der Waals surface area contributed by atoms with Crippen molar-refractivity contribution in [2.24, 2.45) is 0 Å². The first-order chi connectivity index (χ1) is 14.0. The Kier molecular flexibility index (Phi) is 5.31. The van der Waals surface area contributed by atoms with Gasteiger partial charge in [0.2, 0.25) is 0 Å². The van der Waals surface area contributed by atoms with E-state index < -0.39 is 6.10 Å². The van der Waals surface area contributed by atoms with Crippen molar-refractivity contribution in [2.45, 2.75) is 32.6 Å². The second-order valence-corrected chi connectivity index (χ2v) is 7.97. The highest BCUT2D eigenvalue weighted by atomic mass is 32.1. The van der Waals surface area contributed by atoms with Crippen molar-refractivity contribution in [3.63, 3.8) is 0 Å². The number of hydrogen-bond acceptors (Lipinski definition) is 6. The molecular weight excluding hydrogens is 388 g/mol. The van der Waals surface area contributed by atoms with Crippen molar-refractivity contribution >= 4 is 21.6 Å². The average molecular weight is 410 g/mol. The van der Waals surface area contributed by atoms with Crippen LogP contribution < -0.4 is 4.87 Å². The van der Waals surface area contributed by atoms with Gasteiger partial charge in [0.25, 0.3) is 0 Å². The van der Waals surface area contributed by atoms with Crippen LogP contribution in [0.2, 0.25) is 0 Å². The Hall–Kier alpha value is -2.81. The number of methoxy groups -OCH3 is 1. The Balaban J connectivity index is 1.61. The van der Waals surface area contributed by atoms with Crippen LogP contribution in [0.1, 0.15) is 42.7 Å². The van der Waals surface area contributed by atoms with Crippen molar-refractivity contribution in [3.05, 3.63) is 75.3 Å². The largest absolute Gasteiger partial charge is 0.389 e. The molecule has 2 atom stereocenters. The van der Waals surface area contributed by atoms with E-state index in [0.717, 1.165) is 27.0 Å². The smallest absolute Gasteiger partial charge is 0.310 e. The van der Waals surface area contributed by atoms with Crippen molar-refractivity contribution in [1.82, 2.24) is 19.3 Å². The zero-order valence-corrected chi connectivity index (χ0v) is 17.3. The van der Waals surface area contributed by atoms with E-state index in [2.05, 4.69) is 17.0 Å². The maximum absolute atomic E-state index is 12.2. The highest BCUT2D eigenvalue weighted by Gasteiger charge is 2.15. The van der Waals surface area contributed by atoms with E-state index in [-0.39, 0.29) is 17.5 Å². The summed E-state index contributed by atoms with van der Waals surface area (Å²) in [6, 6.07) is 11.7. The molecule has 0 saturated carbocycles. The minimum absolute atomic E-state index is 0.0253. The fraction of sp³-hybridized carbons (Fsp3) is 0.286. The fourth-order valence-electron chi connectivity index (χ4n) is 3.25. The Bertz CT molecular complexity index is 1190. The number of fused-ring (bicyclic) bond motifs is 1. The second-order valence-electron chi connectivity index (χ2n) is 6.97. The molecule has 1 N–H and O–H groups in total. The lowest BCUT2D eigenvalue weighted by molar-refractivity contribution is 0.133. The van der Waals surface area contributed by atoms with Gasteiger partial charge in [-0.2, -0.15) is 5.10 Å². The first-order valence-electron chi connectivity index (χ1n) is 9.30. The van der Waals surface area contributed by atoms with Gasteiger partial charge in [-0.25, -0.2) is 9.67 Å². The summed E-state index contributed by atoms with van der Waals surface area (Å²) >= 11 is 1.22. The molecule has 3 aromatic heterocycles. The van der Waals surface area contributed by atoms with Crippen LogP contribution in [0.5, 0.6) is 0 Å². The van der Waals surface area contributed by atoms with Crippen LogP contribution >= 0.6 is 11.3 Å². The van der Waals surface area contributed by atoms with Crippen molar-refractivity contribution in [1.29, 1.82) is 0 Å². The molecule has 4 rings (SSSR count). The first-order valence-corrected chi connectivity index (χ1v) is 10.1. The molecule has 3 heterocycles. The van der Waals surface area contributed by atoms with Crippen LogP contribution in [0.25, 0.3) is 16.0 Å². The van der Waals surface area contributed by atoms with Crippen LogP contribution in [-0.4, -0.2) is 31.5 Å². The molecule has 150 valence electrons. The lowest BCUT2D eigenvalue weighted by Crippen LogP contribution is -2.13. The number of thiazole rings is 1. The number of aliphatic hydroxyl groups excluding tert-OH is 1. The minimum Gasteiger partial charge on any atom is -0.389 e. The monoisotopic (exact) mass is 410 g/mol. The highest BCUT2D eigenvalue weighted by Crippen LogP contribution is 2.28. The number of ether oxygens (including phenoxy) is 1. The summed E-state index contributed by atoms with van der Waals surface area (Å²) in [6.07, 6.45) is 2.99. The third-order valence-corrected chi connectivity index (χ3v) is 5.93. The summed E-state index contributed by atoms with van der Waals surface area (Å²) < 4.78 is 9.42. The molecular formula is C21H22N4O3S. The van der Waals surface area contributed by atoms with Crippen molar-refractivity contribution < 1.29 is 9.84 Å². The zero-order valence-electron chi connectivity index (χ0n) is 16.4. The molecule has 2 unspecified atom stereocenters. The zero-order chi connectivity index (χ0) is 20.5. The Morgan fingerprint density at radius 3 is 2.66 bits per heavy atom. The molecule has 0 fully saturated rings. The van der Waals surface area contributed by atoms with Crippen LogP contribution in [-0.2, 0) is 11.5 Å². The molecule has 0 spiro atoms. The van der Waals surface area contributed by atoms with Gasteiger partial charge < -0.3 is 9.84 Å². The Morgan fingerprint density at radius 2 is 1.97 bits per heavy atom. The fourth-order valence-corrected chi connectivity index (χ4v) is 4.18. The van der Waals surface area contributed by atoms with E-state index in [1.54, 1.807) is 29.5 Å². The van der Waals surface area contributed by atoms with Crippen molar-refractivity contribution in [2.75, 3.05) is 7.11 Å². The molecule has 29 heavy (non-hydrogen) atoms. The predicted molar refractivity (Wildman–Crippen MR) is 113 cm³/mol. The van der Waals surface area contributed by atoms with Crippen LogP contribution in [0.3, 0.4) is 0 Å². The Labute approximate surface area is 171 Å². The lowest BCUT2D eigenvalue weighted by Gasteiger charge is -2.10. The minimum atomic E-state index is -0.547. The summed E-state index contributed by atoms with van der Waals surface area (Å²) in [6.45, 7) is 4.05. The van der Waals surface area contributed by atoms with Gasteiger partial charge in [0.1, 0.15) is 6.73 Å². The molecule has 0 amide bonds. The van der Waals surface area contributed by atoms with Gasteiger partial charge in [0.05, 0.1) is 22.0 Å². The summed E-state index contributed by atoms with van der Waals surface area (Å²) in [7, 11) is 1.58. The first kappa shape index (κ1) is 19.5. The van der Waals surface area contributed by atoms with E-state index in [1.165, 1.54) is 11.3 Å². The van der Waals surface area contributed by atoms with Crippen LogP contribution in [0, 0.1) is 0 Å². The predicted octanol–water partition coefficient (Wildman–Crippen LogP) is 3.45. The van der Waals surface area contributed by atoms with Gasteiger partial charge in [-0.15, -0.1) is 0 Å². The van der Waals surface area contributed by atoms with E-state index >= 15 is 0 Å². The SMILES string of the molecule is COCn1c(=O)sc2cc(C(C)c3ccn(-c4ccc(C(C)O)cn4)n3)ccc21. The molecule has 0 aliphatic heterocycles. The standard InChI is InChI=1S/C21H22N4O3S/c1-13(15-4-6-18-19(10-15)29-21(27)24(18)12-28-3)17-8-9-25(23-17)20-7-5-16(11-22-20)14(2)26/h4-11,13-14,26H,12H2,1-3H3. The third kappa shape index (κ3) is 3.74. The second kappa shape index (κ2) is 7.90. The van der Waals surface area contributed by atoms with Crippen LogP contribution in [0.15, 0.2) is 53.6 Å². The molecule has 1 aromatic carbocycles. The molecule has 8 heteroatoms. The normalized spacial score (nSPS) is 13.7. The topological polar surface area (TPSA) is 82.2 Å². The summed E-state index contributed by atoms with van der Waals surface area (Å²) in [5.74, 6) is 0.753. The number of aliphatic hydroxyl groups is 1. The summed E-state index contributed by atoms with van der Waals surface area (Å²) in [5.41, 5.74) is 3.65. The van der Waals surface area contributed by atoms with Gasteiger partial charge in [0, 0.05) is 25.4 Å². The number of aromatic nitrogens is 4. The highest BCUT2D eigenvalue weighted by molar-refractivity contribution is 7.16. The molecule has 7 nitrogen and oxygen atoms in total. The number of nitrogens with zero attached hydrogens (tertiary/aromatic N) is 4. The molecule has 4 aromatic rings.